The van der Waals surface area contributed by atoms with Crippen LogP contribution in [0.1, 0.15) is 5.56 Å². The summed E-state index contributed by atoms with van der Waals surface area (Å²) >= 11 is 12.1. The largest absolute Gasteiger partial charge is 0.492 e. The lowest BCUT2D eigenvalue weighted by atomic mass is 10.0. The molecule has 0 spiro atoms. The molecule has 0 fully saturated rings. The summed E-state index contributed by atoms with van der Waals surface area (Å²) in [6.45, 7) is 3.02. The summed E-state index contributed by atoms with van der Waals surface area (Å²) in [7, 11) is 0. The van der Waals surface area contributed by atoms with Gasteiger partial charge in [0.05, 0.1) is 0 Å². The van der Waals surface area contributed by atoms with E-state index in [2.05, 4.69) is 0 Å². The lowest BCUT2D eigenvalue weighted by Gasteiger charge is -2.11. The van der Waals surface area contributed by atoms with E-state index in [1.807, 2.05) is 37.3 Å². The van der Waals surface area contributed by atoms with E-state index in [4.69, 9.17) is 33.7 Å². The van der Waals surface area contributed by atoms with E-state index in [9.17, 15) is 0 Å². The maximum Gasteiger partial charge on any atom is 0.122 e. The van der Waals surface area contributed by atoms with Crippen LogP contribution >= 0.6 is 23.2 Å². The second kappa shape index (κ2) is 6.29. The van der Waals surface area contributed by atoms with Crippen LogP contribution in [0.4, 0.5) is 0 Å². The molecule has 2 rings (SSSR count). The van der Waals surface area contributed by atoms with Crippen molar-refractivity contribution in [2.45, 2.75) is 6.92 Å². The van der Waals surface area contributed by atoms with Crippen LogP contribution in [0.5, 0.6) is 5.75 Å². The molecule has 2 aromatic carbocycles. The van der Waals surface area contributed by atoms with Gasteiger partial charge in [-0.3, -0.25) is 0 Å². The van der Waals surface area contributed by atoms with E-state index in [0.29, 0.717) is 23.2 Å². The lowest BCUT2D eigenvalue weighted by molar-refractivity contribution is 0.326. The average molecular weight is 296 g/mol. The summed E-state index contributed by atoms with van der Waals surface area (Å²) in [5.41, 5.74) is 8.48. The first-order valence-electron chi connectivity index (χ1n) is 6.01. The van der Waals surface area contributed by atoms with Gasteiger partial charge in [0.25, 0.3) is 0 Å². The molecule has 0 aliphatic carbocycles. The molecule has 0 aliphatic heterocycles. The fraction of sp³-hybridized carbons (Fsp3) is 0.200. The van der Waals surface area contributed by atoms with Crippen molar-refractivity contribution >= 4 is 23.2 Å². The Morgan fingerprint density at radius 2 is 1.89 bits per heavy atom. The molecule has 0 aromatic heterocycles. The average Bonchev–Trinajstić information content (AvgIpc) is 2.37. The highest BCUT2D eigenvalue weighted by atomic mass is 35.5. The molecule has 0 radical (unpaired) electrons. The quantitative estimate of drug-likeness (QED) is 0.912. The minimum absolute atomic E-state index is 0.504. The summed E-state index contributed by atoms with van der Waals surface area (Å²) in [5.74, 6) is 0.847. The van der Waals surface area contributed by atoms with Crippen molar-refractivity contribution < 1.29 is 4.74 Å². The van der Waals surface area contributed by atoms with Gasteiger partial charge < -0.3 is 10.5 Å². The van der Waals surface area contributed by atoms with Crippen LogP contribution in [0.3, 0.4) is 0 Å². The van der Waals surface area contributed by atoms with Crippen LogP contribution in [0.25, 0.3) is 11.1 Å². The van der Waals surface area contributed by atoms with Gasteiger partial charge in [-0.05, 0) is 42.3 Å². The third kappa shape index (κ3) is 3.41. The lowest BCUT2D eigenvalue weighted by Crippen LogP contribution is -2.11. The summed E-state index contributed by atoms with van der Waals surface area (Å²) in [6.07, 6.45) is 0. The van der Waals surface area contributed by atoms with E-state index >= 15 is 0 Å². The SMILES string of the molecule is Cc1cc(-c2ccc(Cl)cc2Cl)ccc1OCCN. The van der Waals surface area contributed by atoms with Crippen LogP contribution in [-0.2, 0) is 0 Å². The fourth-order valence-corrected chi connectivity index (χ4v) is 2.39. The zero-order valence-electron chi connectivity index (χ0n) is 10.6. The Labute approximate surface area is 123 Å². The van der Waals surface area contributed by atoms with Gasteiger partial charge in [0.1, 0.15) is 12.4 Å². The number of rotatable bonds is 4. The predicted octanol–water partition coefficient (Wildman–Crippen LogP) is 4.31. The van der Waals surface area contributed by atoms with Crippen molar-refractivity contribution in [1.29, 1.82) is 0 Å². The van der Waals surface area contributed by atoms with Crippen molar-refractivity contribution in [2.24, 2.45) is 5.73 Å². The molecule has 19 heavy (non-hydrogen) atoms. The molecule has 0 unspecified atom stereocenters. The third-order valence-corrected chi connectivity index (χ3v) is 3.34. The van der Waals surface area contributed by atoms with Gasteiger partial charge in [-0.15, -0.1) is 0 Å². The third-order valence-electron chi connectivity index (χ3n) is 2.79. The highest BCUT2D eigenvalue weighted by Crippen LogP contribution is 2.32. The zero-order chi connectivity index (χ0) is 13.8. The molecular weight excluding hydrogens is 281 g/mol. The van der Waals surface area contributed by atoms with Gasteiger partial charge in [-0.1, -0.05) is 35.3 Å². The molecule has 2 nitrogen and oxygen atoms in total. The molecule has 2 aromatic rings. The van der Waals surface area contributed by atoms with Crippen LogP contribution < -0.4 is 10.5 Å². The van der Waals surface area contributed by atoms with E-state index in [1.165, 1.54) is 0 Å². The van der Waals surface area contributed by atoms with Crippen LogP contribution in [0.15, 0.2) is 36.4 Å². The van der Waals surface area contributed by atoms with Crippen molar-refractivity contribution in [3.63, 3.8) is 0 Å². The predicted molar refractivity (Wildman–Crippen MR) is 81.2 cm³/mol. The number of aryl methyl sites for hydroxylation is 1. The highest BCUT2D eigenvalue weighted by Gasteiger charge is 2.07. The fourth-order valence-electron chi connectivity index (χ4n) is 1.87. The first-order chi connectivity index (χ1) is 9.11. The maximum absolute atomic E-state index is 6.21. The molecule has 2 N–H and O–H groups in total. The Morgan fingerprint density at radius 3 is 2.53 bits per heavy atom. The van der Waals surface area contributed by atoms with Gasteiger partial charge in [-0.2, -0.15) is 0 Å². The standard InChI is InChI=1S/C15H15Cl2NO/c1-10-8-11(2-5-15(10)19-7-6-18)13-4-3-12(16)9-14(13)17/h2-5,8-9H,6-7,18H2,1H3. The number of benzene rings is 2. The Hall–Kier alpha value is -1.22. The Bertz CT molecular complexity index is 584. The Morgan fingerprint density at radius 1 is 1.11 bits per heavy atom. The van der Waals surface area contributed by atoms with E-state index in [0.717, 1.165) is 22.4 Å². The second-order valence-electron chi connectivity index (χ2n) is 4.24. The number of halogens is 2. The zero-order valence-corrected chi connectivity index (χ0v) is 12.1. The number of hydrogen-bond acceptors (Lipinski definition) is 2. The van der Waals surface area contributed by atoms with Crippen molar-refractivity contribution in [1.82, 2.24) is 0 Å². The van der Waals surface area contributed by atoms with Crippen LogP contribution in [-0.4, -0.2) is 13.2 Å². The molecule has 4 heteroatoms. The van der Waals surface area contributed by atoms with Crippen LogP contribution in [0, 0.1) is 6.92 Å². The summed E-state index contributed by atoms with van der Waals surface area (Å²) in [5, 5.41) is 1.27. The normalized spacial score (nSPS) is 10.5. The maximum atomic E-state index is 6.21. The van der Waals surface area contributed by atoms with Gasteiger partial charge in [0.15, 0.2) is 0 Å². The van der Waals surface area contributed by atoms with Gasteiger partial charge in [-0.25, -0.2) is 0 Å². The van der Waals surface area contributed by atoms with E-state index in [1.54, 1.807) is 6.07 Å². The molecule has 0 amide bonds. The number of nitrogens with two attached hydrogens (primary N) is 1. The molecule has 0 heterocycles. The van der Waals surface area contributed by atoms with Crippen molar-refractivity contribution in [2.75, 3.05) is 13.2 Å². The minimum atomic E-state index is 0.504. The molecule has 0 bridgehead atoms. The summed E-state index contributed by atoms with van der Waals surface area (Å²) in [4.78, 5) is 0. The highest BCUT2D eigenvalue weighted by molar-refractivity contribution is 6.36. The van der Waals surface area contributed by atoms with Crippen molar-refractivity contribution in [3.05, 3.63) is 52.0 Å². The number of ether oxygens (including phenoxy) is 1. The van der Waals surface area contributed by atoms with E-state index < -0.39 is 0 Å². The summed E-state index contributed by atoms with van der Waals surface area (Å²) in [6, 6.07) is 11.4. The molecule has 0 atom stereocenters. The van der Waals surface area contributed by atoms with Gasteiger partial charge >= 0.3 is 0 Å². The minimum Gasteiger partial charge on any atom is -0.492 e. The Balaban J connectivity index is 2.33. The number of hydrogen-bond donors (Lipinski definition) is 1. The first kappa shape index (κ1) is 14.2. The molecule has 0 aliphatic rings. The topological polar surface area (TPSA) is 35.2 Å². The van der Waals surface area contributed by atoms with Gasteiger partial charge in [0.2, 0.25) is 0 Å². The van der Waals surface area contributed by atoms with Crippen LogP contribution in [0.2, 0.25) is 10.0 Å². The monoisotopic (exact) mass is 295 g/mol. The van der Waals surface area contributed by atoms with E-state index in [-0.39, 0.29) is 0 Å². The molecular formula is C15H15Cl2NO. The van der Waals surface area contributed by atoms with Gasteiger partial charge in [0, 0.05) is 22.2 Å². The molecule has 100 valence electrons. The first-order valence-corrected chi connectivity index (χ1v) is 6.76. The second-order valence-corrected chi connectivity index (χ2v) is 5.09. The molecule has 0 saturated carbocycles. The smallest absolute Gasteiger partial charge is 0.122 e. The summed E-state index contributed by atoms with van der Waals surface area (Å²) < 4.78 is 5.55. The molecule has 0 saturated heterocycles. The Kier molecular flexibility index (Phi) is 4.70. The van der Waals surface area contributed by atoms with Crippen molar-refractivity contribution in [3.8, 4) is 16.9 Å².